The molecule has 0 radical (unpaired) electrons. The van der Waals surface area contributed by atoms with Crippen LogP contribution in [0.5, 0.6) is 0 Å². The summed E-state index contributed by atoms with van der Waals surface area (Å²) >= 11 is 0. The van der Waals surface area contributed by atoms with Crippen LogP contribution in [-0.4, -0.2) is 31.1 Å². The fraction of sp³-hybridized carbons (Fsp3) is 0.625. The zero-order chi connectivity index (χ0) is 12.6. The molecule has 0 saturated heterocycles. The van der Waals surface area contributed by atoms with Crippen LogP contribution >= 0.6 is 0 Å². The Morgan fingerprint density at radius 1 is 1.11 bits per heavy atom. The smallest absolute Gasteiger partial charge is 0.0236 e. The lowest BCUT2D eigenvalue weighted by Gasteiger charge is -2.28. The van der Waals surface area contributed by atoms with Gasteiger partial charge < -0.3 is 5.32 Å². The molecule has 0 amide bonds. The van der Waals surface area contributed by atoms with Crippen molar-refractivity contribution in [1.82, 2.24) is 10.2 Å². The molecule has 2 rings (SSSR count). The van der Waals surface area contributed by atoms with E-state index in [2.05, 4.69) is 41.4 Å². The highest BCUT2D eigenvalue weighted by atomic mass is 15.1. The minimum atomic E-state index is 1.15. The molecule has 1 N–H and O–H groups in total. The number of unbranched alkanes of at least 4 members (excludes halogenated alkanes) is 1. The molecule has 0 unspecified atom stereocenters. The molecule has 2 nitrogen and oxygen atoms in total. The summed E-state index contributed by atoms with van der Waals surface area (Å²) in [5, 5.41) is 3.47. The number of fused-ring (bicyclic) bond motifs is 1. The highest BCUT2D eigenvalue weighted by molar-refractivity contribution is 5.28. The molecule has 0 aliphatic carbocycles. The molecule has 0 saturated carbocycles. The Hall–Kier alpha value is -0.860. The van der Waals surface area contributed by atoms with E-state index in [4.69, 9.17) is 0 Å². The second-order valence-electron chi connectivity index (χ2n) is 5.25. The van der Waals surface area contributed by atoms with Crippen LogP contribution in [0.1, 0.15) is 37.3 Å². The number of nitrogens with zero attached hydrogens (tertiary/aromatic N) is 1. The first-order valence-corrected chi connectivity index (χ1v) is 7.40. The second kappa shape index (κ2) is 7.55. The lowest BCUT2D eigenvalue weighted by atomic mass is 10.00. The first-order valence-electron chi connectivity index (χ1n) is 7.40. The molecule has 1 aliphatic rings. The van der Waals surface area contributed by atoms with Crippen molar-refractivity contribution in [3.8, 4) is 0 Å². The van der Waals surface area contributed by atoms with Gasteiger partial charge in [-0.15, -0.1) is 0 Å². The van der Waals surface area contributed by atoms with Crippen molar-refractivity contribution in [2.24, 2.45) is 0 Å². The molecular weight excluding hydrogens is 220 g/mol. The minimum absolute atomic E-state index is 1.15. The van der Waals surface area contributed by atoms with Gasteiger partial charge in [0.2, 0.25) is 0 Å². The summed E-state index contributed by atoms with van der Waals surface area (Å²) in [6.45, 7) is 8.20. The van der Waals surface area contributed by atoms with E-state index >= 15 is 0 Å². The van der Waals surface area contributed by atoms with Crippen LogP contribution < -0.4 is 5.32 Å². The van der Waals surface area contributed by atoms with E-state index in [1.54, 1.807) is 5.56 Å². The third-order valence-electron chi connectivity index (χ3n) is 3.71. The van der Waals surface area contributed by atoms with Gasteiger partial charge in [0.05, 0.1) is 0 Å². The molecule has 100 valence electrons. The quantitative estimate of drug-likeness (QED) is 0.744. The molecule has 0 atom stereocenters. The largest absolute Gasteiger partial charge is 0.317 e. The number of hydrogen-bond acceptors (Lipinski definition) is 2. The maximum absolute atomic E-state index is 3.47. The van der Waals surface area contributed by atoms with Gasteiger partial charge in [0.25, 0.3) is 0 Å². The highest BCUT2D eigenvalue weighted by Crippen LogP contribution is 2.18. The Labute approximate surface area is 111 Å². The van der Waals surface area contributed by atoms with E-state index in [9.17, 15) is 0 Å². The lowest BCUT2D eigenvalue weighted by Crippen LogP contribution is -2.31. The zero-order valence-electron chi connectivity index (χ0n) is 11.6. The van der Waals surface area contributed by atoms with Gasteiger partial charge in [0.15, 0.2) is 0 Å². The van der Waals surface area contributed by atoms with Gasteiger partial charge in [0.1, 0.15) is 0 Å². The Bertz CT molecular complexity index is 349. The summed E-state index contributed by atoms with van der Waals surface area (Å²) in [7, 11) is 0. The van der Waals surface area contributed by atoms with Gasteiger partial charge in [-0.1, -0.05) is 31.2 Å². The van der Waals surface area contributed by atoms with Crippen molar-refractivity contribution < 1.29 is 0 Å². The second-order valence-corrected chi connectivity index (χ2v) is 5.25. The highest BCUT2D eigenvalue weighted by Gasteiger charge is 2.14. The summed E-state index contributed by atoms with van der Waals surface area (Å²) in [6.07, 6.45) is 5.09. The predicted molar refractivity (Wildman–Crippen MR) is 77.8 cm³/mol. The molecule has 0 aromatic heterocycles. The van der Waals surface area contributed by atoms with Crippen LogP contribution in [0, 0.1) is 0 Å². The van der Waals surface area contributed by atoms with E-state index in [1.165, 1.54) is 50.9 Å². The van der Waals surface area contributed by atoms with Gasteiger partial charge in [-0.3, -0.25) is 4.90 Å². The van der Waals surface area contributed by atoms with E-state index in [0.717, 1.165) is 13.1 Å². The summed E-state index contributed by atoms with van der Waals surface area (Å²) in [5.74, 6) is 0. The summed E-state index contributed by atoms with van der Waals surface area (Å²) in [5.41, 5.74) is 3.09. The lowest BCUT2D eigenvalue weighted by molar-refractivity contribution is 0.248. The van der Waals surface area contributed by atoms with Crippen molar-refractivity contribution in [1.29, 1.82) is 0 Å². The molecule has 1 aromatic rings. The van der Waals surface area contributed by atoms with Crippen molar-refractivity contribution in [2.75, 3.05) is 26.2 Å². The van der Waals surface area contributed by atoms with Gasteiger partial charge in [0, 0.05) is 13.1 Å². The van der Waals surface area contributed by atoms with Crippen LogP contribution in [0.2, 0.25) is 0 Å². The Kier molecular flexibility index (Phi) is 5.69. The maximum Gasteiger partial charge on any atom is 0.0236 e. The maximum atomic E-state index is 3.47. The van der Waals surface area contributed by atoms with Gasteiger partial charge >= 0.3 is 0 Å². The third kappa shape index (κ3) is 4.11. The summed E-state index contributed by atoms with van der Waals surface area (Å²) in [6, 6.07) is 8.89. The average molecular weight is 246 g/mol. The van der Waals surface area contributed by atoms with Crippen molar-refractivity contribution >= 4 is 0 Å². The normalized spacial score (nSPS) is 15.6. The van der Waals surface area contributed by atoms with E-state index in [-0.39, 0.29) is 0 Å². The fourth-order valence-corrected chi connectivity index (χ4v) is 2.63. The van der Waals surface area contributed by atoms with Gasteiger partial charge in [-0.05, 0) is 56.4 Å². The van der Waals surface area contributed by atoms with E-state index < -0.39 is 0 Å². The molecule has 0 bridgehead atoms. The number of benzene rings is 1. The zero-order valence-corrected chi connectivity index (χ0v) is 11.6. The van der Waals surface area contributed by atoms with Crippen LogP contribution in [0.4, 0.5) is 0 Å². The first-order chi connectivity index (χ1) is 8.90. The first kappa shape index (κ1) is 13.6. The Morgan fingerprint density at radius 2 is 1.94 bits per heavy atom. The van der Waals surface area contributed by atoms with Crippen LogP contribution in [0.3, 0.4) is 0 Å². The van der Waals surface area contributed by atoms with Gasteiger partial charge in [-0.25, -0.2) is 0 Å². The molecule has 1 aromatic carbocycles. The standard InChI is InChI=1S/C16H26N2/c1-2-10-17-11-5-6-12-18-13-9-15-7-3-4-8-16(15)14-18/h3-4,7-8,17H,2,5-6,9-14H2,1H3. The Balaban J connectivity index is 1.64. The minimum Gasteiger partial charge on any atom is -0.317 e. The summed E-state index contributed by atoms with van der Waals surface area (Å²) < 4.78 is 0. The summed E-state index contributed by atoms with van der Waals surface area (Å²) in [4.78, 5) is 2.60. The predicted octanol–water partition coefficient (Wildman–Crippen LogP) is 2.82. The van der Waals surface area contributed by atoms with Crippen molar-refractivity contribution in [3.05, 3.63) is 35.4 Å². The monoisotopic (exact) mass is 246 g/mol. The molecule has 18 heavy (non-hydrogen) atoms. The number of nitrogens with one attached hydrogen (secondary N) is 1. The van der Waals surface area contributed by atoms with Crippen molar-refractivity contribution in [3.63, 3.8) is 0 Å². The van der Waals surface area contributed by atoms with Crippen LogP contribution in [0.15, 0.2) is 24.3 Å². The van der Waals surface area contributed by atoms with Crippen LogP contribution in [0.25, 0.3) is 0 Å². The number of rotatable bonds is 7. The molecule has 0 spiro atoms. The topological polar surface area (TPSA) is 15.3 Å². The molecule has 1 heterocycles. The Morgan fingerprint density at radius 3 is 2.78 bits per heavy atom. The van der Waals surface area contributed by atoms with E-state index in [0.29, 0.717) is 0 Å². The van der Waals surface area contributed by atoms with Crippen LogP contribution in [-0.2, 0) is 13.0 Å². The van der Waals surface area contributed by atoms with E-state index in [1.807, 2.05) is 0 Å². The van der Waals surface area contributed by atoms with Gasteiger partial charge in [-0.2, -0.15) is 0 Å². The molecule has 2 heteroatoms. The number of hydrogen-bond donors (Lipinski definition) is 1. The SMILES string of the molecule is CCCNCCCCN1CCc2ccccc2C1. The molecular formula is C16H26N2. The molecule has 1 aliphatic heterocycles. The van der Waals surface area contributed by atoms with Crippen molar-refractivity contribution in [2.45, 2.75) is 39.2 Å². The average Bonchev–Trinajstić information content (AvgIpc) is 2.42. The third-order valence-corrected chi connectivity index (χ3v) is 3.71. The fourth-order valence-electron chi connectivity index (χ4n) is 2.63. The molecule has 0 fully saturated rings.